The fraction of sp³-hybridized carbons (Fsp3) is 0.296. The van der Waals surface area contributed by atoms with Gasteiger partial charge in [-0.3, -0.25) is 9.36 Å². The molecule has 1 aliphatic heterocycles. The summed E-state index contributed by atoms with van der Waals surface area (Å²) >= 11 is 1.32. The van der Waals surface area contributed by atoms with Crippen LogP contribution in [0.2, 0.25) is 0 Å². The lowest BCUT2D eigenvalue weighted by molar-refractivity contribution is -0.136. The van der Waals surface area contributed by atoms with Crippen LogP contribution >= 0.6 is 11.3 Å². The van der Waals surface area contributed by atoms with Crippen LogP contribution in [0.1, 0.15) is 44.4 Å². The maximum absolute atomic E-state index is 13.6. The second-order valence-electron chi connectivity index (χ2n) is 8.47. The van der Waals surface area contributed by atoms with Gasteiger partial charge in [-0.1, -0.05) is 74.6 Å². The molecule has 176 valence electrons. The number of rotatable bonds is 7. The fourth-order valence-corrected chi connectivity index (χ4v) is 4.91. The van der Waals surface area contributed by atoms with Crippen LogP contribution in [0, 0.1) is 5.92 Å². The molecular weight excluding hydrogens is 448 g/mol. The number of thiazole rings is 1. The smallest absolute Gasteiger partial charge is 0.338 e. The molecule has 0 bridgehead atoms. The van der Waals surface area contributed by atoms with Gasteiger partial charge in [-0.25, -0.2) is 9.79 Å². The van der Waals surface area contributed by atoms with Crippen LogP contribution in [0.3, 0.4) is 0 Å². The number of allylic oxidation sites excluding steroid dienone is 1. The third-order valence-electron chi connectivity index (χ3n) is 5.53. The summed E-state index contributed by atoms with van der Waals surface area (Å²) in [6.45, 7) is 6.81. The van der Waals surface area contributed by atoms with E-state index in [4.69, 9.17) is 9.47 Å². The number of methoxy groups -OCH3 is 1. The Balaban J connectivity index is 1.82. The highest BCUT2D eigenvalue weighted by molar-refractivity contribution is 7.07. The van der Waals surface area contributed by atoms with Gasteiger partial charge >= 0.3 is 5.97 Å². The number of hydrogen-bond acceptors (Lipinski definition) is 6. The fourth-order valence-electron chi connectivity index (χ4n) is 3.89. The molecule has 6 nitrogen and oxygen atoms in total. The van der Waals surface area contributed by atoms with Crippen molar-refractivity contribution in [1.29, 1.82) is 0 Å². The average molecular weight is 477 g/mol. The molecule has 2 aromatic carbocycles. The molecule has 0 aliphatic carbocycles. The van der Waals surface area contributed by atoms with Crippen molar-refractivity contribution >= 4 is 23.4 Å². The van der Waals surface area contributed by atoms with Crippen molar-refractivity contribution in [1.82, 2.24) is 4.57 Å². The molecule has 0 unspecified atom stereocenters. The van der Waals surface area contributed by atoms with Crippen LogP contribution in [-0.2, 0) is 9.53 Å². The van der Waals surface area contributed by atoms with E-state index >= 15 is 0 Å². The van der Waals surface area contributed by atoms with E-state index in [1.54, 1.807) is 4.57 Å². The van der Waals surface area contributed by atoms with E-state index in [0.29, 0.717) is 39.5 Å². The molecule has 0 saturated carbocycles. The topological polar surface area (TPSA) is 69.9 Å². The lowest BCUT2D eigenvalue weighted by Crippen LogP contribution is -2.40. The number of ether oxygens (including phenoxy) is 2. The van der Waals surface area contributed by atoms with Gasteiger partial charge in [0, 0.05) is 0 Å². The van der Waals surface area contributed by atoms with Crippen molar-refractivity contribution < 1.29 is 14.3 Å². The molecule has 0 N–H and O–H groups in total. The number of fused-ring (bicyclic) bond motifs is 1. The molecule has 1 aromatic heterocycles. The zero-order valence-corrected chi connectivity index (χ0v) is 20.6. The Morgan fingerprint density at radius 3 is 2.47 bits per heavy atom. The van der Waals surface area contributed by atoms with Crippen LogP contribution in [0.25, 0.3) is 6.08 Å². The first-order chi connectivity index (χ1) is 16.4. The van der Waals surface area contributed by atoms with E-state index in [9.17, 15) is 9.59 Å². The molecule has 0 saturated heterocycles. The SMILES string of the molecule is CCC1=C(C(=O)OC)[C@@H](c2ccccc2)n2c(s/c(=C\c3ccc(OCC(C)C)cc3)c2=O)=N1. The first-order valence-electron chi connectivity index (χ1n) is 11.3. The largest absolute Gasteiger partial charge is 0.493 e. The molecular formula is C27H28N2O4S. The third-order valence-corrected chi connectivity index (χ3v) is 6.51. The molecule has 7 heteroatoms. The van der Waals surface area contributed by atoms with E-state index in [0.717, 1.165) is 16.9 Å². The standard InChI is InChI=1S/C27H28N2O4S/c1-5-21-23(26(31)32-4)24(19-9-7-6-8-10-19)29-25(30)22(34-27(29)28-21)15-18-11-13-20(14-12-18)33-16-17(2)3/h6-15,17,24H,5,16H2,1-4H3/b22-15-/t24-/m1/s1. The Morgan fingerprint density at radius 2 is 1.85 bits per heavy atom. The van der Waals surface area contributed by atoms with Crippen LogP contribution in [0.5, 0.6) is 5.75 Å². The summed E-state index contributed by atoms with van der Waals surface area (Å²) in [5.74, 6) is 0.772. The molecule has 0 amide bonds. The minimum atomic E-state index is -0.589. The maximum Gasteiger partial charge on any atom is 0.338 e. The van der Waals surface area contributed by atoms with E-state index in [1.807, 2.05) is 67.6 Å². The predicted molar refractivity (Wildman–Crippen MR) is 134 cm³/mol. The van der Waals surface area contributed by atoms with Gasteiger partial charge in [0.15, 0.2) is 4.80 Å². The number of carbonyl (C=O) groups is 1. The van der Waals surface area contributed by atoms with Crippen LogP contribution in [0.15, 0.2) is 75.7 Å². The zero-order valence-electron chi connectivity index (χ0n) is 19.8. The number of esters is 1. The van der Waals surface area contributed by atoms with Crippen molar-refractivity contribution in [2.75, 3.05) is 13.7 Å². The van der Waals surface area contributed by atoms with E-state index in [1.165, 1.54) is 18.4 Å². The predicted octanol–water partition coefficient (Wildman–Crippen LogP) is 3.83. The number of aromatic nitrogens is 1. The van der Waals surface area contributed by atoms with Gasteiger partial charge in [-0.2, -0.15) is 0 Å². The number of benzene rings is 2. The summed E-state index contributed by atoms with van der Waals surface area (Å²) in [6, 6.07) is 16.6. The molecule has 3 aromatic rings. The van der Waals surface area contributed by atoms with Gasteiger partial charge in [-0.15, -0.1) is 0 Å². The molecule has 0 spiro atoms. The van der Waals surface area contributed by atoms with Gasteiger partial charge in [0.25, 0.3) is 5.56 Å². The third kappa shape index (κ3) is 4.75. The number of carbonyl (C=O) groups excluding carboxylic acids is 1. The summed E-state index contributed by atoms with van der Waals surface area (Å²) in [5.41, 5.74) is 2.58. The maximum atomic E-state index is 13.6. The lowest BCUT2D eigenvalue weighted by Gasteiger charge is -2.25. The van der Waals surface area contributed by atoms with Crippen LogP contribution in [0.4, 0.5) is 0 Å². The zero-order chi connectivity index (χ0) is 24.2. The molecule has 1 atom stereocenters. The van der Waals surface area contributed by atoms with Gasteiger partial charge in [0.2, 0.25) is 0 Å². The highest BCUT2D eigenvalue weighted by atomic mass is 32.1. The molecule has 4 rings (SSSR count). The van der Waals surface area contributed by atoms with Crippen molar-refractivity contribution in [3.63, 3.8) is 0 Å². The van der Waals surface area contributed by atoms with Crippen molar-refractivity contribution in [3.05, 3.63) is 96.7 Å². The van der Waals surface area contributed by atoms with Gasteiger partial charge in [-0.05, 0) is 41.7 Å². The molecule has 34 heavy (non-hydrogen) atoms. The van der Waals surface area contributed by atoms with E-state index in [-0.39, 0.29) is 5.56 Å². The van der Waals surface area contributed by atoms with Crippen molar-refractivity contribution in [3.8, 4) is 5.75 Å². The van der Waals surface area contributed by atoms with Gasteiger partial charge < -0.3 is 9.47 Å². The first kappa shape index (κ1) is 23.7. The molecule has 2 heterocycles. The highest BCUT2D eigenvalue weighted by Crippen LogP contribution is 2.31. The normalized spacial score (nSPS) is 15.8. The summed E-state index contributed by atoms with van der Waals surface area (Å²) in [6.07, 6.45) is 2.41. The van der Waals surface area contributed by atoms with E-state index in [2.05, 4.69) is 18.8 Å². The minimum absolute atomic E-state index is 0.186. The molecule has 0 fully saturated rings. The summed E-state index contributed by atoms with van der Waals surface area (Å²) in [5, 5.41) is 0. The average Bonchev–Trinajstić information content (AvgIpc) is 3.16. The lowest BCUT2D eigenvalue weighted by atomic mass is 9.95. The monoisotopic (exact) mass is 476 g/mol. The van der Waals surface area contributed by atoms with Crippen molar-refractivity contribution in [2.24, 2.45) is 10.9 Å². The first-order valence-corrected chi connectivity index (χ1v) is 12.2. The molecule has 0 radical (unpaired) electrons. The number of hydrogen-bond donors (Lipinski definition) is 0. The minimum Gasteiger partial charge on any atom is -0.493 e. The molecule has 1 aliphatic rings. The summed E-state index contributed by atoms with van der Waals surface area (Å²) in [4.78, 5) is 31.6. The Morgan fingerprint density at radius 1 is 1.15 bits per heavy atom. The Labute approximate surface area is 202 Å². The van der Waals surface area contributed by atoms with Crippen LogP contribution < -0.4 is 19.6 Å². The summed E-state index contributed by atoms with van der Waals surface area (Å²) < 4.78 is 13.0. The Kier molecular flexibility index (Phi) is 7.12. The van der Waals surface area contributed by atoms with Crippen molar-refractivity contribution in [2.45, 2.75) is 33.2 Å². The second-order valence-corrected chi connectivity index (χ2v) is 9.48. The Hall–Kier alpha value is -3.45. The second kappa shape index (κ2) is 10.2. The Bertz CT molecular complexity index is 1380. The quantitative estimate of drug-likeness (QED) is 0.486. The van der Waals surface area contributed by atoms with Crippen LogP contribution in [-0.4, -0.2) is 24.3 Å². The highest BCUT2D eigenvalue weighted by Gasteiger charge is 2.33. The number of nitrogens with zero attached hydrogens (tertiary/aromatic N) is 2. The summed E-state index contributed by atoms with van der Waals surface area (Å²) in [7, 11) is 1.35. The van der Waals surface area contributed by atoms with E-state index < -0.39 is 12.0 Å². The van der Waals surface area contributed by atoms with Gasteiger partial charge in [0.1, 0.15) is 5.75 Å². The van der Waals surface area contributed by atoms with Gasteiger partial charge in [0.05, 0.1) is 35.6 Å².